The molecule has 4 bridgehead atoms. The van der Waals surface area contributed by atoms with Gasteiger partial charge in [-0.25, -0.2) is 0 Å². The first kappa shape index (κ1) is 22.4. The number of likely N-dealkylation sites (tertiary alicyclic amines) is 1. The van der Waals surface area contributed by atoms with Crippen molar-refractivity contribution >= 4 is 11.6 Å². The van der Waals surface area contributed by atoms with Gasteiger partial charge in [0, 0.05) is 30.3 Å². The number of amides is 1. The summed E-state index contributed by atoms with van der Waals surface area (Å²) in [6.45, 7) is 2.12. The topological polar surface area (TPSA) is 85.3 Å². The number of benzene rings is 2. The van der Waals surface area contributed by atoms with Gasteiger partial charge in [0.2, 0.25) is 5.91 Å². The largest absolute Gasteiger partial charge is 0.504 e. The molecule has 2 spiro atoms. The standard InChI is InChI=1S/C30H35N3O4/c1-32-22(16-24(35)31-20-5-3-2-4-6-20)29(36)11-12-30(32)23-15-19-9-10-21(34)26-25(19)28(30,27(29)37-26)13-14-33(23)17-18-7-8-18/h2-6,9-10,18,22-23,27,34,36H,7-8,11-17H2,1H3,(H,31,35)/t22-,23+,27+,28-,29+,30+/m0/s1. The summed E-state index contributed by atoms with van der Waals surface area (Å²) >= 11 is 0. The molecule has 194 valence electrons. The Balaban J connectivity index is 1.25. The monoisotopic (exact) mass is 501 g/mol. The number of anilines is 1. The number of aliphatic hydroxyl groups is 1. The van der Waals surface area contributed by atoms with Crippen LogP contribution in [-0.4, -0.2) is 75.4 Å². The molecule has 0 unspecified atom stereocenters. The van der Waals surface area contributed by atoms with E-state index in [0.29, 0.717) is 18.2 Å². The number of ether oxygens (including phenoxy) is 1. The molecule has 7 heteroatoms. The minimum absolute atomic E-state index is 0.0932. The highest BCUT2D eigenvalue weighted by molar-refractivity contribution is 5.91. The quantitative estimate of drug-likeness (QED) is 0.584. The molecule has 0 radical (unpaired) electrons. The van der Waals surface area contributed by atoms with Gasteiger partial charge in [0.25, 0.3) is 0 Å². The lowest BCUT2D eigenvalue weighted by atomic mass is 9.41. The zero-order chi connectivity index (χ0) is 25.2. The number of nitrogens with zero attached hydrogens (tertiary/aromatic N) is 2. The van der Waals surface area contributed by atoms with E-state index in [0.717, 1.165) is 49.5 Å². The highest BCUT2D eigenvalue weighted by Gasteiger charge is 2.82. The van der Waals surface area contributed by atoms with E-state index in [2.05, 4.69) is 28.2 Å². The van der Waals surface area contributed by atoms with Gasteiger partial charge in [0.05, 0.1) is 17.0 Å². The molecule has 4 heterocycles. The molecular formula is C30H35N3O4. The fourth-order valence-corrected chi connectivity index (χ4v) is 9.43. The van der Waals surface area contributed by atoms with Crippen molar-refractivity contribution in [2.24, 2.45) is 5.92 Å². The van der Waals surface area contributed by atoms with Crippen molar-refractivity contribution in [2.75, 3.05) is 25.5 Å². The number of hydrogen-bond acceptors (Lipinski definition) is 6. The third kappa shape index (κ3) is 2.65. The summed E-state index contributed by atoms with van der Waals surface area (Å²) in [6.07, 6.45) is 5.66. The van der Waals surface area contributed by atoms with Crippen LogP contribution in [0.3, 0.4) is 0 Å². The van der Waals surface area contributed by atoms with Crippen LogP contribution < -0.4 is 10.1 Å². The number of phenolic OH excluding ortho intramolecular Hbond substituents is 1. The van der Waals surface area contributed by atoms with Crippen molar-refractivity contribution in [2.45, 2.75) is 79.7 Å². The van der Waals surface area contributed by atoms with Gasteiger partial charge >= 0.3 is 0 Å². The number of carbonyl (C=O) groups is 1. The Labute approximate surface area is 217 Å². The normalized spacial score (nSPS) is 39.2. The first-order valence-electron chi connectivity index (χ1n) is 13.9. The SMILES string of the molecule is CN1[C@@H](CC(=O)Nc2ccccc2)[C@]2(O)CC[C@]13[C@H]1Cc4ccc(O)c5c4[C@@]3(CCN1CC1CC1)[C@H]2O5. The first-order chi connectivity index (χ1) is 17.9. The summed E-state index contributed by atoms with van der Waals surface area (Å²) < 4.78 is 6.67. The molecule has 3 aliphatic carbocycles. The highest BCUT2D eigenvalue weighted by atomic mass is 16.5. The van der Waals surface area contributed by atoms with Crippen molar-refractivity contribution in [1.82, 2.24) is 9.80 Å². The Hall–Kier alpha value is -2.61. The van der Waals surface area contributed by atoms with Gasteiger partial charge in [-0.1, -0.05) is 24.3 Å². The smallest absolute Gasteiger partial charge is 0.226 e. The summed E-state index contributed by atoms with van der Waals surface area (Å²) in [5.41, 5.74) is 1.34. The van der Waals surface area contributed by atoms with Crippen LogP contribution >= 0.6 is 0 Å². The van der Waals surface area contributed by atoms with Crippen molar-refractivity contribution in [3.05, 3.63) is 53.6 Å². The fourth-order valence-electron chi connectivity index (χ4n) is 9.43. The maximum absolute atomic E-state index is 13.3. The van der Waals surface area contributed by atoms with Gasteiger partial charge in [-0.2, -0.15) is 0 Å². The number of aromatic hydroxyl groups is 1. The summed E-state index contributed by atoms with van der Waals surface area (Å²) in [7, 11) is 2.14. The molecule has 2 saturated carbocycles. The van der Waals surface area contributed by atoms with E-state index in [-0.39, 0.29) is 35.1 Å². The summed E-state index contributed by atoms with van der Waals surface area (Å²) in [5.74, 6) is 1.44. The molecule has 2 aromatic rings. The van der Waals surface area contributed by atoms with Crippen LogP contribution in [0.15, 0.2) is 42.5 Å². The molecule has 3 N–H and O–H groups in total. The predicted molar refractivity (Wildman–Crippen MR) is 139 cm³/mol. The predicted octanol–water partition coefficient (Wildman–Crippen LogP) is 3.04. The van der Waals surface area contributed by atoms with Crippen molar-refractivity contribution in [1.29, 1.82) is 0 Å². The lowest BCUT2D eigenvalue weighted by Crippen LogP contribution is -2.91. The van der Waals surface area contributed by atoms with Crippen LogP contribution in [0.4, 0.5) is 5.69 Å². The molecule has 37 heavy (non-hydrogen) atoms. The van der Waals surface area contributed by atoms with Gasteiger partial charge < -0.3 is 20.3 Å². The molecule has 6 atom stereocenters. The van der Waals surface area contributed by atoms with Crippen LogP contribution in [0.5, 0.6) is 11.5 Å². The Morgan fingerprint density at radius 3 is 2.73 bits per heavy atom. The Morgan fingerprint density at radius 1 is 1.14 bits per heavy atom. The fraction of sp³-hybridized carbons (Fsp3) is 0.567. The van der Waals surface area contributed by atoms with Gasteiger partial charge in [0.15, 0.2) is 11.5 Å². The third-order valence-electron chi connectivity index (χ3n) is 11.0. The van der Waals surface area contributed by atoms with E-state index < -0.39 is 11.7 Å². The van der Waals surface area contributed by atoms with Crippen LogP contribution in [0.2, 0.25) is 0 Å². The number of carbonyl (C=O) groups excluding carboxylic acids is 1. The van der Waals surface area contributed by atoms with E-state index >= 15 is 0 Å². The number of likely N-dealkylation sites (N-methyl/N-ethyl adjacent to an activating group) is 1. The first-order valence-corrected chi connectivity index (χ1v) is 13.9. The lowest BCUT2D eigenvalue weighted by Gasteiger charge is -2.76. The van der Waals surface area contributed by atoms with E-state index in [1.165, 1.54) is 18.4 Å². The summed E-state index contributed by atoms with van der Waals surface area (Å²) in [6, 6.07) is 13.3. The number of nitrogens with one attached hydrogen (secondary N) is 1. The van der Waals surface area contributed by atoms with Crippen LogP contribution in [0.1, 0.15) is 49.7 Å². The molecular weight excluding hydrogens is 466 g/mol. The molecule has 2 aromatic carbocycles. The Bertz CT molecular complexity index is 1300. The number of hydrogen-bond donors (Lipinski definition) is 3. The summed E-state index contributed by atoms with van der Waals surface area (Å²) in [4.78, 5) is 18.5. The highest BCUT2D eigenvalue weighted by Crippen LogP contribution is 2.72. The molecule has 5 fully saturated rings. The average molecular weight is 502 g/mol. The lowest BCUT2D eigenvalue weighted by molar-refractivity contribution is -0.286. The molecule has 3 saturated heterocycles. The minimum atomic E-state index is -1.19. The number of piperidine rings is 3. The van der Waals surface area contributed by atoms with Crippen LogP contribution in [0, 0.1) is 5.92 Å². The molecule has 4 aliphatic heterocycles. The van der Waals surface area contributed by atoms with Crippen molar-refractivity contribution in [3.63, 3.8) is 0 Å². The maximum Gasteiger partial charge on any atom is 0.226 e. The van der Waals surface area contributed by atoms with Gasteiger partial charge in [0.1, 0.15) is 11.7 Å². The molecule has 0 aromatic heterocycles. The minimum Gasteiger partial charge on any atom is -0.504 e. The molecule has 1 amide bonds. The number of rotatable bonds is 5. The van der Waals surface area contributed by atoms with E-state index in [4.69, 9.17) is 4.74 Å². The number of para-hydroxylation sites is 1. The van der Waals surface area contributed by atoms with Crippen LogP contribution in [0.25, 0.3) is 0 Å². The van der Waals surface area contributed by atoms with Crippen molar-refractivity contribution in [3.8, 4) is 11.5 Å². The second-order valence-electron chi connectivity index (χ2n) is 12.5. The molecule has 7 nitrogen and oxygen atoms in total. The molecule has 7 aliphatic rings. The third-order valence-corrected chi connectivity index (χ3v) is 11.0. The zero-order valence-electron chi connectivity index (χ0n) is 21.3. The average Bonchev–Trinajstić information content (AvgIpc) is 3.63. The van der Waals surface area contributed by atoms with E-state index in [1.807, 2.05) is 30.3 Å². The number of fused-ring (bicyclic) bond motifs is 2. The number of phenols is 1. The van der Waals surface area contributed by atoms with Gasteiger partial charge in [-0.15, -0.1) is 0 Å². The van der Waals surface area contributed by atoms with Crippen molar-refractivity contribution < 1.29 is 19.7 Å². The van der Waals surface area contributed by atoms with Gasteiger partial charge in [-0.05, 0) is 81.8 Å². The Kier molecular flexibility index (Phi) is 4.40. The molecule has 9 rings (SSSR count). The van der Waals surface area contributed by atoms with Crippen LogP contribution in [-0.2, 0) is 16.6 Å². The second kappa shape index (κ2) is 7.28. The van der Waals surface area contributed by atoms with Gasteiger partial charge in [-0.3, -0.25) is 14.6 Å². The summed E-state index contributed by atoms with van der Waals surface area (Å²) in [5, 5.41) is 26.5. The maximum atomic E-state index is 13.3. The zero-order valence-corrected chi connectivity index (χ0v) is 21.3. The van der Waals surface area contributed by atoms with E-state index in [9.17, 15) is 15.0 Å². The second-order valence-corrected chi connectivity index (χ2v) is 12.5. The van der Waals surface area contributed by atoms with E-state index in [1.54, 1.807) is 6.07 Å². The Morgan fingerprint density at radius 2 is 1.95 bits per heavy atom.